The lowest BCUT2D eigenvalue weighted by molar-refractivity contribution is -0.413. The molecule has 14 heteroatoms. The average Bonchev–Trinajstić information content (AvgIpc) is 2.34. The zero-order chi connectivity index (χ0) is 19.1. The predicted molar refractivity (Wildman–Crippen MR) is 50.1 cm³/mol. The Morgan fingerprint density at radius 2 is 1.26 bits per heavy atom. The molecule has 0 rings (SSSR count). The van der Waals surface area contributed by atoms with Gasteiger partial charge in [-0.1, -0.05) is 0 Å². The molecule has 1 atom stereocenters. The summed E-state index contributed by atoms with van der Waals surface area (Å²) in [5, 5.41) is 17.4. The van der Waals surface area contributed by atoms with Gasteiger partial charge in [0.05, 0.1) is 13.5 Å². The van der Waals surface area contributed by atoms with E-state index in [1.807, 2.05) is 0 Å². The summed E-state index contributed by atoms with van der Waals surface area (Å²) in [6.07, 6.45) is -9.82. The van der Waals surface area contributed by atoms with Gasteiger partial charge in [-0.15, -0.1) is 0 Å². The number of aliphatic hydroxyl groups is 1. The number of carbonyl (C=O) groups is 2. The minimum Gasteiger partial charge on any atom is -0.481 e. The summed E-state index contributed by atoms with van der Waals surface area (Å²) >= 11 is 0. The van der Waals surface area contributed by atoms with Gasteiger partial charge < -0.3 is 14.9 Å². The van der Waals surface area contributed by atoms with Gasteiger partial charge in [-0.25, -0.2) is 4.79 Å². The van der Waals surface area contributed by atoms with Crippen molar-refractivity contribution < 1.29 is 64.1 Å². The van der Waals surface area contributed by atoms with Crippen molar-refractivity contribution in [3.8, 4) is 0 Å². The van der Waals surface area contributed by atoms with Crippen molar-refractivity contribution in [2.24, 2.45) is 0 Å². The number of hydrogen-bond acceptors (Lipinski definition) is 4. The van der Waals surface area contributed by atoms with E-state index in [-0.39, 0.29) is 7.11 Å². The van der Waals surface area contributed by atoms with E-state index in [2.05, 4.69) is 4.74 Å². The number of halogens is 9. The fourth-order valence-corrected chi connectivity index (χ4v) is 1.33. The first-order valence-electron chi connectivity index (χ1n) is 5.13. The molecule has 0 bridgehead atoms. The minimum absolute atomic E-state index is 0.172. The third-order valence-corrected chi connectivity index (χ3v) is 2.59. The standard InChI is InChI=1S/C9H7F9O5/c1-23-4(21)5(22,2-3(19)20)6(10,11)7(12,13)8(14,15)9(16,17)18/h22H,2H2,1H3,(H,19,20). The quantitative estimate of drug-likeness (QED) is 0.554. The van der Waals surface area contributed by atoms with Crippen LogP contribution in [0.3, 0.4) is 0 Å². The van der Waals surface area contributed by atoms with Crippen LogP contribution < -0.4 is 0 Å². The summed E-state index contributed by atoms with van der Waals surface area (Å²) in [6, 6.07) is 0. The first-order chi connectivity index (χ1) is 9.90. The van der Waals surface area contributed by atoms with Crippen LogP contribution in [0.4, 0.5) is 39.5 Å². The Morgan fingerprint density at radius 3 is 1.52 bits per heavy atom. The number of esters is 1. The molecule has 0 aromatic heterocycles. The second-order valence-corrected chi connectivity index (χ2v) is 4.14. The van der Waals surface area contributed by atoms with E-state index in [1.54, 1.807) is 0 Å². The minimum atomic E-state index is -7.40. The molecule has 0 aliphatic carbocycles. The first kappa shape index (κ1) is 21.3. The Balaban J connectivity index is 6.36. The topological polar surface area (TPSA) is 83.8 Å². The van der Waals surface area contributed by atoms with Crippen LogP contribution in [0.1, 0.15) is 6.42 Å². The number of rotatable bonds is 6. The molecule has 0 aromatic rings. The van der Waals surface area contributed by atoms with Crippen molar-refractivity contribution in [2.45, 2.75) is 36.0 Å². The number of alkyl halides is 9. The van der Waals surface area contributed by atoms with Crippen LogP contribution in [0.5, 0.6) is 0 Å². The lowest BCUT2D eigenvalue weighted by Gasteiger charge is -2.40. The molecule has 0 radical (unpaired) electrons. The second-order valence-electron chi connectivity index (χ2n) is 4.14. The molecule has 0 saturated heterocycles. The Bertz CT molecular complexity index is 486. The molecule has 0 saturated carbocycles. The van der Waals surface area contributed by atoms with Crippen molar-refractivity contribution in [1.29, 1.82) is 0 Å². The number of aliphatic carboxylic acids is 1. The Kier molecular flexibility index (Phi) is 5.29. The predicted octanol–water partition coefficient (Wildman–Crippen LogP) is 1.83. The monoisotopic (exact) mass is 366 g/mol. The number of hydrogen-bond donors (Lipinski definition) is 2. The van der Waals surface area contributed by atoms with E-state index in [0.29, 0.717) is 0 Å². The third kappa shape index (κ3) is 3.03. The average molecular weight is 366 g/mol. The summed E-state index contributed by atoms with van der Waals surface area (Å²) in [5.41, 5.74) is -5.19. The molecular weight excluding hydrogens is 359 g/mol. The van der Waals surface area contributed by atoms with Crippen molar-refractivity contribution in [2.75, 3.05) is 7.11 Å². The number of carboxylic acids is 1. The maximum Gasteiger partial charge on any atom is 0.460 e. The molecule has 0 fully saturated rings. The highest BCUT2D eigenvalue weighted by atomic mass is 19.4. The van der Waals surface area contributed by atoms with Crippen molar-refractivity contribution in [1.82, 2.24) is 0 Å². The molecule has 0 heterocycles. The molecule has 23 heavy (non-hydrogen) atoms. The molecule has 1 unspecified atom stereocenters. The van der Waals surface area contributed by atoms with E-state index in [1.165, 1.54) is 0 Å². The maximum atomic E-state index is 13.5. The normalized spacial score (nSPS) is 16.7. The molecule has 0 aromatic carbocycles. The lowest BCUT2D eigenvalue weighted by Crippen LogP contribution is -2.71. The van der Waals surface area contributed by atoms with Crippen LogP contribution in [-0.4, -0.2) is 58.8 Å². The number of methoxy groups -OCH3 is 1. The molecule has 0 spiro atoms. The van der Waals surface area contributed by atoms with E-state index in [0.717, 1.165) is 0 Å². The van der Waals surface area contributed by atoms with E-state index in [9.17, 15) is 49.1 Å². The fraction of sp³-hybridized carbons (Fsp3) is 0.778. The fourth-order valence-electron chi connectivity index (χ4n) is 1.33. The van der Waals surface area contributed by atoms with Crippen molar-refractivity contribution in [3.63, 3.8) is 0 Å². The summed E-state index contributed by atoms with van der Waals surface area (Å²) in [4.78, 5) is 21.3. The van der Waals surface area contributed by atoms with Crippen LogP contribution in [-0.2, 0) is 14.3 Å². The van der Waals surface area contributed by atoms with E-state index >= 15 is 0 Å². The van der Waals surface area contributed by atoms with Crippen molar-refractivity contribution >= 4 is 11.9 Å². The van der Waals surface area contributed by atoms with Gasteiger partial charge in [0.15, 0.2) is 0 Å². The molecule has 136 valence electrons. The number of carboxylic acid groups (broad SMARTS) is 1. The van der Waals surface area contributed by atoms with Crippen LogP contribution in [0, 0.1) is 0 Å². The van der Waals surface area contributed by atoms with Crippen LogP contribution in [0.2, 0.25) is 0 Å². The molecular formula is C9H7F9O5. The molecule has 2 N–H and O–H groups in total. The zero-order valence-corrected chi connectivity index (χ0v) is 10.7. The van der Waals surface area contributed by atoms with Gasteiger partial charge in [0.25, 0.3) is 0 Å². The Morgan fingerprint density at radius 1 is 0.870 bits per heavy atom. The summed E-state index contributed by atoms with van der Waals surface area (Å²) in [5.74, 6) is -27.1. The van der Waals surface area contributed by atoms with Gasteiger partial charge >= 0.3 is 35.9 Å². The highest BCUT2D eigenvalue weighted by Gasteiger charge is 2.87. The second kappa shape index (κ2) is 5.72. The lowest BCUT2D eigenvalue weighted by atomic mass is 9.84. The van der Waals surface area contributed by atoms with Crippen LogP contribution >= 0.6 is 0 Å². The maximum absolute atomic E-state index is 13.5. The van der Waals surface area contributed by atoms with Gasteiger partial charge in [0, 0.05) is 0 Å². The van der Waals surface area contributed by atoms with E-state index < -0.39 is 47.9 Å². The van der Waals surface area contributed by atoms with E-state index in [4.69, 9.17) is 10.2 Å². The Labute approximate surface area is 120 Å². The molecule has 0 amide bonds. The van der Waals surface area contributed by atoms with Gasteiger partial charge in [0.2, 0.25) is 5.60 Å². The highest BCUT2D eigenvalue weighted by Crippen LogP contribution is 2.56. The van der Waals surface area contributed by atoms with Crippen LogP contribution in [0.25, 0.3) is 0 Å². The first-order valence-corrected chi connectivity index (χ1v) is 5.13. The molecule has 0 aliphatic heterocycles. The highest BCUT2D eigenvalue weighted by molar-refractivity contribution is 5.86. The molecule has 0 aliphatic rings. The van der Waals surface area contributed by atoms with Gasteiger partial charge in [0.1, 0.15) is 0 Å². The summed E-state index contributed by atoms with van der Waals surface area (Å²) < 4.78 is 118. The Hall–Kier alpha value is -1.73. The van der Waals surface area contributed by atoms with Gasteiger partial charge in [-0.2, -0.15) is 39.5 Å². The third-order valence-electron chi connectivity index (χ3n) is 2.59. The number of ether oxygens (including phenoxy) is 1. The van der Waals surface area contributed by atoms with Gasteiger partial charge in [-0.3, -0.25) is 4.79 Å². The van der Waals surface area contributed by atoms with Crippen molar-refractivity contribution in [3.05, 3.63) is 0 Å². The summed E-state index contributed by atoms with van der Waals surface area (Å²) in [6.45, 7) is 0. The smallest absolute Gasteiger partial charge is 0.460 e. The summed E-state index contributed by atoms with van der Waals surface area (Å²) in [7, 11) is 0.172. The van der Waals surface area contributed by atoms with Gasteiger partial charge in [-0.05, 0) is 0 Å². The number of carbonyl (C=O) groups excluding carboxylic acids is 1. The zero-order valence-electron chi connectivity index (χ0n) is 10.7. The van der Waals surface area contributed by atoms with Crippen LogP contribution in [0.15, 0.2) is 0 Å². The SMILES string of the molecule is COC(=O)C(O)(CC(=O)O)C(F)(F)C(F)(F)C(F)(F)C(F)(F)F. The molecule has 5 nitrogen and oxygen atoms in total. The largest absolute Gasteiger partial charge is 0.481 e.